The second-order valence-electron chi connectivity index (χ2n) is 6.23. The van der Waals surface area contributed by atoms with Crippen LogP contribution in [-0.4, -0.2) is 24.0 Å². The standard InChI is InChI=1S/C17H28N2/c1-4-15-9-10-17(11-15,13-18)19(3)12-16-8-6-5-7-14(16)2/h5-8,15H,4,9-13,18H2,1-3H3. The van der Waals surface area contributed by atoms with Crippen molar-refractivity contribution in [2.45, 2.75) is 51.6 Å². The Kier molecular flexibility index (Phi) is 4.64. The molecular weight excluding hydrogens is 232 g/mol. The molecule has 0 spiro atoms. The van der Waals surface area contributed by atoms with E-state index in [1.165, 1.54) is 36.8 Å². The Morgan fingerprint density at radius 3 is 2.68 bits per heavy atom. The predicted molar refractivity (Wildman–Crippen MR) is 82.1 cm³/mol. The van der Waals surface area contributed by atoms with Crippen LogP contribution in [0.3, 0.4) is 0 Å². The monoisotopic (exact) mass is 260 g/mol. The lowest BCUT2D eigenvalue weighted by Crippen LogP contribution is -2.49. The van der Waals surface area contributed by atoms with Crippen molar-refractivity contribution in [3.8, 4) is 0 Å². The van der Waals surface area contributed by atoms with E-state index in [2.05, 4.69) is 50.1 Å². The zero-order valence-corrected chi connectivity index (χ0v) is 12.7. The van der Waals surface area contributed by atoms with Crippen molar-refractivity contribution in [2.75, 3.05) is 13.6 Å². The summed E-state index contributed by atoms with van der Waals surface area (Å²) in [5.74, 6) is 0.864. The molecule has 0 amide bonds. The molecule has 1 aliphatic carbocycles. The molecular formula is C17H28N2. The van der Waals surface area contributed by atoms with Gasteiger partial charge in [0.15, 0.2) is 0 Å². The van der Waals surface area contributed by atoms with Crippen LogP contribution in [0, 0.1) is 12.8 Å². The van der Waals surface area contributed by atoms with Gasteiger partial charge in [-0.25, -0.2) is 0 Å². The third-order valence-electron chi connectivity index (χ3n) is 5.12. The quantitative estimate of drug-likeness (QED) is 0.880. The first-order valence-electron chi connectivity index (χ1n) is 7.57. The minimum absolute atomic E-state index is 0.225. The lowest BCUT2D eigenvalue weighted by atomic mass is 9.92. The van der Waals surface area contributed by atoms with Crippen LogP contribution in [0.1, 0.15) is 43.7 Å². The SMILES string of the molecule is CCC1CCC(CN)(N(C)Cc2ccccc2C)C1. The molecule has 0 bridgehead atoms. The van der Waals surface area contributed by atoms with Crippen LogP contribution in [0.2, 0.25) is 0 Å². The van der Waals surface area contributed by atoms with Crippen LogP contribution >= 0.6 is 0 Å². The van der Waals surface area contributed by atoms with Crippen molar-refractivity contribution in [1.82, 2.24) is 4.90 Å². The van der Waals surface area contributed by atoms with Gasteiger partial charge >= 0.3 is 0 Å². The fraction of sp³-hybridized carbons (Fsp3) is 0.647. The minimum Gasteiger partial charge on any atom is -0.329 e. The molecule has 19 heavy (non-hydrogen) atoms. The number of nitrogens with two attached hydrogens (primary N) is 1. The molecule has 2 rings (SSSR count). The maximum atomic E-state index is 6.14. The highest BCUT2D eigenvalue weighted by molar-refractivity contribution is 5.25. The van der Waals surface area contributed by atoms with Crippen molar-refractivity contribution in [1.29, 1.82) is 0 Å². The van der Waals surface area contributed by atoms with Gasteiger partial charge in [0.25, 0.3) is 0 Å². The summed E-state index contributed by atoms with van der Waals surface area (Å²) in [6.07, 6.45) is 5.15. The first-order chi connectivity index (χ1) is 9.11. The maximum Gasteiger partial charge on any atom is 0.0334 e. The molecule has 1 aliphatic rings. The van der Waals surface area contributed by atoms with E-state index in [-0.39, 0.29) is 5.54 Å². The Hall–Kier alpha value is -0.860. The molecule has 2 heteroatoms. The van der Waals surface area contributed by atoms with Crippen LogP contribution in [0.4, 0.5) is 0 Å². The predicted octanol–water partition coefficient (Wildman–Crippen LogP) is 3.33. The molecule has 2 nitrogen and oxygen atoms in total. The molecule has 2 N–H and O–H groups in total. The summed E-state index contributed by atoms with van der Waals surface area (Å²) in [7, 11) is 2.25. The summed E-state index contributed by atoms with van der Waals surface area (Å²) >= 11 is 0. The molecule has 0 aromatic heterocycles. The van der Waals surface area contributed by atoms with Gasteiger partial charge in [-0.3, -0.25) is 4.90 Å². The van der Waals surface area contributed by atoms with Crippen LogP contribution < -0.4 is 5.73 Å². The average molecular weight is 260 g/mol. The minimum atomic E-state index is 0.225. The fourth-order valence-electron chi connectivity index (χ4n) is 3.46. The molecule has 1 saturated carbocycles. The van der Waals surface area contributed by atoms with E-state index in [9.17, 15) is 0 Å². The second-order valence-corrected chi connectivity index (χ2v) is 6.23. The number of hydrogen-bond acceptors (Lipinski definition) is 2. The Balaban J connectivity index is 2.10. The summed E-state index contributed by atoms with van der Waals surface area (Å²) in [6, 6.07) is 8.68. The van der Waals surface area contributed by atoms with Gasteiger partial charge in [-0.05, 0) is 50.3 Å². The molecule has 0 aliphatic heterocycles. The Morgan fingerprint density at radius 2 is 2.11 bits per heavy atom. The van der Waals surface area contributed by atoms with Crippen LogP contribution in [0.15, 0.2) is 24.3 Å². The molecule has 1 fully saturated rings. The summed E-state index contributed by atoms with van der Waals surface area (Å²) in [5.41, 5.74) is 9.17. The number of nitrogens with zero attached hydrogens (tertiary/aromatic N) is 1. The fourth-order valence-corrected chi connectivity index (χ4v) is 3.46. The van der Waals surface area contributed by atoms with E-state index in [0.717, 1.165) is 19.0 Å². The van der Waals surface area contributed by atoms with Crippen molar-refractivity contribution in [3.05, 3.63) is 35.4 Å². The molecule has 106 valence electrons. The van der Waals surface area contributed by atoms with E-state index in [1.807, 2.05) is 0 Å². The molecule has 0 radical (unpaired) electrons. The lowest BCUT2D eigenvalue weighted by Gasteiger charge is -2.38. The maximum absolute atomic E-state index is 6.14. The molecule has 2 atom stereocenters. The first kappa shape index (κ1) is 14.5. The zero-order valence-electron chi connectivity index (χ0n) is 12.7. The van der Waals surface area contributed by atoms with Gasteiger partial charge in [0, 0.05) is 18.6 Å². The molecule has 0 saturated heterocycles. The van der Waals surface area contributed by atoms with Crippen molar-refractivity contribution >= 4 is 0 Å². The van der Waals surface area contributed by atoms with Gasteiger partial charge in [-0.15, -0.1) is 0 Å². The van der Waals surface area contributed by atoms with E-state index < -0.39 is 0 Å². The Labute approximate surface area is 118 Å². The van der Waals surface area contributed by atoms with Gasteiger partial charge in [-0.1, -0.05) is 37.6 Å². The Bertz CT molecular complexity index is 415. The topological polar surface area (TPSA) is 29.3 Å². The van der Waals surface area contributed by atoms with Crippen LogP contribution in [0.25, 0.3) is 0 Å². The summed E-state index contributed by atoms with van der Waals surface area (Å²) in [4.78, 5) is 2.50. The largest absolute Gasteiger partial charge is 0.329 e. The van der Waals surface area contributed by atoms with Crippen LogP contribution in [0.5, 0.6) is 0 Å². The normalized spacial score (nSPS) is 27.1. The van der Waals surface area contributed by atoms with Gasteiger partial charge in [-0.2, -0.15) is 0 Å². The lowest BCUT2D eigenvalue weighted by molar-refractivity contribution is 0.118. The van der Waals surface area contributed by atoms with Gasteiger partial charge in [0.05, 0.1) is 0 Å². The highest BCUT2D eigenvalue weighted by Gasteiger charge is 2.40. The summed E-state index contributed by atoms with van der Waals surface area (Å²) < 4.78 is 0. The van der Waals surface area contributed by atoms with Crippen molar-refractivity contribution < 1.29 is 0 Å². The second kappa shape index (κ2) is 6.06. The highest BCUT2D eigenvalue weighted by Crippen LogP contribution is 2.40. The molecule has 0 heterocycles. The van der Waals surface area contributed by atoms with Crippen molar-refractivity contribution in [3.63, 3.8) is 0 Å². The molecule has 2 unspecified atom stereocenters. The summed E-state index contributed by atoms with van der Waals surface area (Å²) in [6.45, 7) is 6.30. The number of aryl methyl sites for hydroxylation is 1. The zero-order chi connectivity index (χ0) is 13.9. The van der Waals surface area contributed by atoms with Crippen molar-refractivity contribution in [2.24, 2.45) is 11.7 Å². The average Bonchev–Trinajstić information content (AvgIpc) is 2.86. The van der Waals surface area contributed by atoms with Crippen LogP contribution in [-0.2, 0) is 6.54 Å². The van der Waals surface area contributed by atoms with E-state index in [0.29, 0.717) is 0 Å². The molecule has 1 aromatic rings. The molecule has 1 aromatic carbocycles. The highest BCUT2D eigenvalue weighted by atomic mass is 15.2. The van der Waals surface area contributed by atoms with E-state index in [4.69, 9.17) is 5.73 Å². The van der Waals surface area contributed by atoms with E-state index >= 15 is 0 Å². The Morgan fingerprint density at radius 1 is 1.37 bits per heavy atom. The van der Waals surface area contributed by atoms with Gasteiger partial charge in [0.2, 0.25) is 0 Å². The number of likely N-dealkylation sites (N-methyl/N-ethyl adjacent to an activating group) is 1. The smallest absolute Gasteiger partial charge is 0.0334 e. The number of hydrogen-bond donors (Lipinski definition) is 1. The number of benzene rings is 1. The third kappa shape index (κ3) is 3.01. The first-order valence-corrected chi connectivity index (χ1v) is 7.57. The third-order valence-corrected chi connectivity index (χ3v) is 5.12. The van der Waals surface area contributed by atoms with Gasteiger partial charge in [0.1, 0.15) is 0 Å². The number of rotatable bonds is 5. The van der Waals surface area contributed by atoms with E-state index in [1.54, 1.807) is 0 Å². The summed E-state index contributed by atoms with van der Waals surface area (Å²) in [5, 5.41) is 0. The van der Waals surface area contributed by atoms with Gasteiger partial charge < -0.3 is 5.73 Å².